The zero-order valence-corrected chi connectivity index (χ0v) is 14.2. The summed E-state index contributed by atoms with van der Waals surface area (Å²) in [5.41, 5.74) is 2.35. The second-order valence-corrected chi connectivity index (χ2v) is 7.97. The Morgan fingerprint density at radius 3 is 2.74 bits per heavy atom. The van der Waals surface area contributed by atoms with E-state index in [9.17, 15) is 4.79 Å². The molecule has 3 heterocycles. The van der Waals surface area contributed by atoms with Gasteiger partial charge in [-0.1, -0.05) is 34.8 Å². The van der Waals surface area contributed by atoms with Gasteiger partial charge in [-0.2, -0.15) is 0 Å². The first-order chi connectivity index (χ1) is 11.0. The molecule has 0 aliphatic carbocycles. The van der Waals surface area contributed by atoms with Crippen molar-refractivity contribution in [2.24, 2.45) is 0 Å². The van der Waals surface area contributed by atoms with Gasteiger partial charge in [-0.3, -0.25) is 9.78 Å². The van der Waals surface area contributed by atoms with E-state index in [0.717, 1.165) is 20.8 Å². The third-order valence-electron chi connectivity index (χ3n) is 3.58. The van der Waals surface area contributed by atoms with E-state index in [1.165, 1.54) is 22.7 Å². The highest BCUT2D eigenvalue weighted by molar-refractivity contribution is 7.29. The van der Waals surface area contributed by atoms with Crippen LogP contribution in [0.4, 0.5) is 0 Å². The van der Waals surface area contributed by atoms with Crippen molar-refractivity contribution < 1.29 is 9.47 Å². The number of para-hydroxylation sites is 2. The van der Waals surface area contributed by atoms with Crippen LogP contribution in [0.2, 0.25) is 0 Å². The molecule has 1 aliphatic heterocycles. The highest BCUT2D eigenvalue weighted by Crippen LogP contribution is 2.40. The van der Waals surface area contributed by atoms with Gasteiger partial charge in [0, 0.05) is 0 Å². The Hall–Kier alpha value is -1.67. The van der Waals surface area contributed by atoms with Crippen molar-refractivity contribution in [3.05, 3.63) is 44.2 Å². The normalized spacial score (nSPS) is 20.2. The Labute approximate surface area is 140 Å². The molecular formula is C16H14N2O3S2. The van der Waals surface area contributed by atoms with E-state index in [1.54, 1.807) is 6.20 Å². The molecule has 4 rings (SSSR count). The Bertz CT molecular complexity index is 932. The number of benzene rings is 1. The number of hydrogen-bond donors (Lipinski definition) is 0. The monoisotopic (exact) mass is 346 g/mol. The van der Waals surface area contributed by atoms with Gasteiger partial charge in [0.1, 0.15) is 11.8 Å². The first-order valence-electron chi connectivity index (χ1n) is 7.20. The quantitative estimate of drug-likeness (QED) is 0.709. The Balaban J connectivity index is 1.80. The van der Waals surface area contributed by atoms with Gasteiger partial charge in [0.25, 0.3) is 4.06 Å². The zero-order valence-electron chi connectivity index (χ0n) is 12.6. The molecule has 0 amide bonds. The Kier molecular flexibility index (Phi) is 3.53. The molecule has 1 unspecified atom stereocenters. The van der Waals surface area contributed by atoms with Crippen LogP contribution in [0.5, 0.6) is 0 Å². The highest BCUT2D eigenvalue weighted by Gasteiger charge is 2.36. The molecule has 5 nitrogen and oxygen atoms in total. The average molecular weight is 346 g/mol. The van der Waals surface area contributed by atoms with Crippen molar-refractivity contribution in [1.82, 2.24) is 9.97 Å². The molecule has 0 saturated carbocycles. The van der Waals surface area contributed by atoms with Gasteiger partial charge < -0.3 is 9.47 Å². The lowest BCUT2D eigenvalue weighted by Crippen LogP contribution is -2.19. The van der Waals surface area contributed by atoms with Gasteiger partial charge >= 0.3 is 0 Å². The van der Waals surface area contributed by atoms with Crippen LogP contribution in [-0.4, -0.2) is 22.4 Å². The summed E-state index contributed by atoms with van der Waals surface area (Å²) in [7, 11) is 0. The summed E-state index contributed by atoms with van der Waals surface area (Å²) in [5, 5.41) is 0. The molecule has 1 atom stereocenters. The number of ether oxygens (including phenoxy) is 2. The maximum atomic E-state index is 12.0. The van der Waals surface area contributed by atoms with Gasteiger partial charge in [-0.15, -0.1) is 0 Å². The largest absolute Gasteiger partial charge is 0.347 e. The summed E-state index contributed by atoms with van der Waals surface area (Å²) in [4.78, 5) is 22.7. The lowest BCUT2D eigenvalue weighted by molar-refractivity contribution is -0.138. The second-order valence-electron chi connectivity index (χ2n) is 5.71. The summed E-state index contributed by atoms with van der Waals surface area (Å²) in [6.45, 7) is 4.18. The number of hydrogen-bond acceptors (Lipinski definition) is 7. The number of aromatic nitrogens is 2. The molecule has 1 fully saturated rings. The minimum atomic E-state index is -0.630. The van der Waals surface area contributed by atoms with Crippen molar-refractivity contribution in [3.8, 4) is 10.6 Å². The van der Waals surface area contributed by atoms with Gasteiger partial charge in [-0.05, 0) is 26.0 Å². The first kappa shape index (κ1) is 14.9. The van der Waals surface area contributed by atoms with Crippen LogP contribution >= 0.6 is 22.7 Å². The average Bonchev–Trinajstić information content (AvgIpc) is 3.09. The van der Waals surface area contributed by atoms with Crippen molar-refractivity contribution in [2.75, 3.05) is 6.61 Å². The maximum absolute atomic E-state index is 12.0. The minimum absolute atomic E-state index is 0.0262. The standard InChI is InChI=1S/C16H14N2O3S2/c1-16(2)20-8-12(21-16)14-13(22-15(19)23-14)11-7-17-9-5-3-4-6-10(9)18-11/h3-7,12H,8H2,1-2H3. The van der Waals surface area contributed by atoms with E-state index in [4.69, 9.17) is 9.47 Å². The Morgan fingerprint density at radius 2 is 2.00 bits per heavy atom. The molecule has 0 radical (unpaired) electrons. The first-order valence-corrected chi connectivity index (χ1v) is 8.83. The summed E-state index contributed by atoms with van der Waals surface area (Å²) >= 11 is 2.39. The number of nitrogens with zero attached hydrogens (tertiary/aromatic N) is 2. The third kappa shape index (κ3) is 2.81. The molecule has 0 spiro atoms. The second kappa shape index (κ2) is 5.45. The fourth-order valence-electron chi connectivity index (χ4n) is 2.56. The minimum Gasteiger partial charge on any atom is -0.347 e. The summed E-state index contributed by atoms with van der Waals surface area (Å²) in [6, 6.07) is 7.68. The molecule has 1 aromatic carbocycles. The van der Waals surface area contributed by atoms with E-state index in [2.05, 4.69) is 9.97 Å². The van der Waals surface area contributed by atoms with Crippen LogP contribution in [0.3, 0.4) is 0 Å². The fraction of sp³-hybridized carbons (Fsp3) is 0.312. The lowest BCUT2D eigenvalue weighted by atomic mass is 10.2. The lowest BCUT2D eigenvalue weighted by Gasteiger charge is -2.16. The van der Waals surface area contributed by atoms with Gasteiger partial charge in [-0.25, -0.2) is 4.98 Å². The molecule has 3 aromatic rings. The van der Waals surface area contributed by atoms with Crippen LogP contribution in [-0.2, 0) is 9.47 Å². The predicted octanol–water partition coefficient (Wildman–Crippen LogP) is 3.60. The highest BCUT2D eigenvalue weighted by atomic mass is 32.2. The molecule has 1 saturated heterocycles. The number of rotatable bonds is 2. The Morgan fingerprint density at radius 1 is 1.22 bits per heavy atom. The molecule has 1 aliphatic rings. The summed E-state index contributed by atoms with van der Waals surface area (Å²) in [6.07, 6.45) is 1.47. The number of fused-ring (bicyclic) bond motifs is 1. The maximum Gasteiger partial charge on any atom is 0.288 e. The van der Waals surface area contributed by atoms with Crippen molar-refractivity contribution in [1.29, 1.82) is 0 Å². The van der Waals surface area contributed by atoms with E-state index in [1.807, 2.05) is 38.1 Å². The van der Waals surface area contributed by atoms with E-state index in [0.29, 0.717) is 12.3 Å². The van der Waals surface area contributed by atoms with Gasteiger partial charge in [0.05, 0.1) is 33.6 Å². The molecule has 118 valence electrons. The summed E-state index contributed by atoms with van der Waals surface area (Å²) < 4.78 is 11.6. The molecule has 0 N–H and O–H groups in total. The van der Waals surface area contributed by atoms with Crippen molar-refractivity contribution in [3.63, 3.8) is 0 Å². The van der Waals surface area contributed by atoms with E-state index in [-0.39, 0.29) is 10.2 Å². The fourth-order valence-corrected chi connectivity index (χ4v) is 4.73. The molecule has 7 heteroatoms. The molecule has 2 aromatic heterocycles. The van der Waals surface area contributed by atoms with Crippen LogP contribution in [0.25, 0.3) is 21.6 Å². The predicted molar refractivity (Wildman–Crippen MR) is 90.9 cm³/mol. The molecule has 23 heavy (non-hydrogen) atoms. The van der Waals surface area contributed by atoms with Crippen LogP contribution in [0, 0.1) is 0 Å². The van der Waals surface area contributed by atoms with Crippen LogP contribution in [0.15, 0.2) is 35.3 Å². The van der Waals surface area contributed by atoms with Gasteiger partial charge in [0.2, 0.25) is 0 Å². The molecular weight excluding hydrogens is 332 g/mol. The van der Waals surface area contributed by atoms with Gasteiger partial charge in [0.15, 0.2) is 5.79 Å². The van der Waals surface area contributed by atoms with Crippen molar-refractivity contribution >= 4 is 33.7 Å². The third-order valence-corrected chi connectivity index (χ3v) is 5.87. The van der Waals surface area contributed by atoms with E-state index >= 15 is 0 Å². The van der Waals surface area contributed by atoms with Crippen molar-refractivity contribution in [2.45, 2.75) is 25.7 Å². The van der Waals surface area contributed by atoms with E-state index < -0.39 is 5.79 Å². The topological polar surface area (TPSA) is 61.3 Å². The van der Waals surface area contributed by atoms with Crippen LogP contribution < -0.4 is 4.06 Å². The SMILES string of the molecule is CC1(C)OCC(c2sc(=O)sc2-c2cnc3ccccc3n2)O1. The van der Waals surface area contributed by atoms with Crippen LogP contribution in [0.1, 0.15) is 24.8 Å². The summed E-state index contributed by atoms with van der Waals surface area (Å²) in [5.74, 6) is -0.630. The zero-order chi connectivity index (χ0) is 16.0. The molecule has 0 bridgehead atoms. The smallest absolute Gasteiger partial charge is 0.288 e.